The van der Waals surface area contributed by atoms with Crippen molar-refractivity contribution < 1.29 is 5.11 Å². The van der Waals surface area contributed by atoms with Crippen molar-refractivity contribution in [3.63, 3.8) is 0 Å². The first-order valence-corrected chi connectivity index (χ1v) is 6.64. The Labute approximate surface area is 104 Å². The molecule has 1 atom stereocenters. The van der Waals surface area contributed by atoms with Crippen molar-refractivity contribution in [2.75, 3.05) is 13.2 Å². The molecule has 0 aliphatic rings. The predicted molar refractivity (Wildman–Crippen MR) is 69.7 cm³/mol. The van der Waals surface area contributed by atoms with Crippen LogP contribution >= 0.6 is 0 Å². The average Bonchev–Trinajstić information content (AvgIpc) is 2.77. The molecule has 1 aromatic rings. The van der Waals surface area contributed by atoms with Gasteiger partial charge in [0, 0.05) is 25.9 Å². The van der Waals surface area contributed by atoms with Gasteiger partial charge in [-0.15, -0.1) is 0 Å². The van der Waals surface area contributed by atoms with Crippen molar-refractivity contribution in [3.8, 4) is 0 Å². The zero-order chi connectivity index (χ0) is 12.5. The maximum Gasteiger partial charge on any atom is 0.0521 e. The van der Waals surface area contributed by atoms with Crippen LogP contribution in [0.2, 0.25) is 0 Å². The summed E-state index contributed by atoms with van der Waals surface area (Å²) in [7, 11) is 0. The molecule has 1 rings (SSSR count). The zero-order valence-corrected chi connectivity index (χ0v) is 11.0. The molecule has 4 nitrogen and oxygen atoms in total. The maximum atomic E-state index is 8.99. The number of aliphatic hydroxyl groups is 1. The highest BCUT2D eigenvalue weighted by atomic mass is 16.3. The second-order valence-electron chi connectivity index (χ2n) is 4.44. The molecule has 0 spiro atoms. The first-order chi connectivity index (χ1) is 8.31. The Hall–Kier alpha value is -0.870. The van der Waals surface area contributed by atoms with Gasteiger partial charge >= 0.3 is 0 Å². The summed E-state index contributed by atoms with van der Waals surface area (Å²) in [5.41, 5.74) is 1.23. The number of aliphatic hydroxyl groups excluding tert-OH is 1. The first-order valence-electron chi connectivity index (χ1n) is 6.64. The molecule has 0 amide bonds. The molecule has 17 heavy (non-hydrogen) atoms. The molecule has 4 heteroatoms. The van der Waals surface area contributed by atoms with Crippen LogP contribution in [0.15, 0.2) is 12.3 Å². The van der Waals surface area contributed by atoms with Crippen molar-refractivity contribution in [2.24, 2.45) is 5.92 Å². The molecule has 0 fully saturated rings. The van der Waals surface area contributed by atoms with E-state index in [9.17, 15) is 0 Å². The molecule has 1 unspecified atom stereocenters. The van der Waals surface area contributed by atoms with Gasteiger partial charge in [0.15, 0.2) is 0 Å². The lowest BCUT2D eigenvalue weighted by molar-refractivity contribution is 0.247. The summed E-state index contributed by atoms with van der Waals surface area (Å²) in [6.07, 6.45) is 5.10. The van der Waals surface area contributed by atoms with E-state index < -0.39 is 0 Å². The van der Waals surface area contributed by atoms with Crippen molar-refractivity contribution in [1.82, 2.24) is 15.1 Å². The van der Waals surface area contributed by atoms with Gasteiger partial charge in [-0.25, -0.2) is 0 Å². The standard InChI is InChI=1S/C13H25N3O/c1-3-5-12(7-9-17)10-14-11-13-6-8-15-16(13)4-2/h6,8,12,14,17H,3-5,7,9-11H2,1-2H3. The summed E-state index contributed by atoms with van der Waals surface area (Å²) in [5, 5.41) is 16.7. The predicted octanol–water partition coefficient (Wildman–Crippen LogP) is 1.79. The second kappa shape index (κ2) is 8.25. The molecule has 98 valence electrons. The van der Waals surface area contributed by atoms with Crippen molar-refractivity contribution in [3.05, 3.63) is 18.0 Å². The molecule has 0 aromatic carbocycles. The van der Waals surface area contributed by atoms with Crippen LogP contribution in [-0.2, 0) is 13.1 Å². The van der Waals surface area contributed by atoms with Gasteiger partial charge in [0.05, 0.1) is 5.69 Å². The molecule has 0 saturated heterocycles. The quantitative estimate of drug-likeness (QED) is 0.691. The van der Waals surface area contributed by atoms with Gasteiger partial charge < -0.3 is 10.4 Å². The van der Waals surface area contributed by atoms with E-state index in [4.69, 9.17) is 5.11 Å². The maximum absolute atomic E-state index is 8.99. The summed E-state index contributed by atoms with van der Waals surface area (Å²) in [6, 6.07) is 2.05. The van der Waals surface area contributed by atoms with Gasteiger partial charge in [-0.2, -0.15) is 5.10 Å². The van der Waals surface area contributed by atoms with E-state index in [-0.39, 0.29) is 0 Å². The second-order valence-corrected chi connectivity index (χ2v) is 4.44. The lowest BCUT2D eigenvalue weighted by Gasteiger charge is -2.15. The molecule has 1 heterocycles. The minimum Gasteiger partial charge on any atom is -0.396 e. The Bertz CT molecular complexity index is 293. The van der Waals surface area contributed by atoms with Crippen LogP contribution in [0.1, 0.15) is 38.8 Å². The van der Waals surface area contributed by atoms with Gasteiger partial charge in [0.2, 0.25) is 0 Å². The highest BCUT2D eigenvalue weighted by Crippen LogP contribution is 2.09. The van der Waals surface area contributed by atoms with Crippen molar-refractivity contribution >= 4 is 0 Å². The van der Waals surface area contributed by atoms with Crippen LogP contribution in [0.25, 0.3) is 0 Å². The molecule has 1 aromatic heterocycles. The van der Waals surface area contributed by atoms with Crippen LogP contribution < -0.4 is 5.32 Å². The summed E-state index contributed by atoms with van der Waals surface area (Å²) < 4.78 is 2.01. The van der Waals surface area contributed by atoms with E-state index in [0.29, 0.717) is 12.5 Å². The molecule has 0 bridgehead atoms. The third-order valence-electron chi connectivity index (χ3n) is 3.08. The molecular formula is C13H25N3O. The topological polar surface area (TPSA) is 50.1 Å². The van der Waals surface area contributed by atoms with Crippen LogP contribution in [-0.4, -0.2) is 28.0 Å². The van der Waals surface area contributed by atoms with Crippen LogP contribution in [0.4, 0.5) is 0 Å². The molecule has 2 N–H and O–H groups in total. The van der Waals surface area contributed by atoms with Crippen molar-refractivity contribution in [1.29, 1.82) is 0 Å². The van der Waals surface area contributed by atoms with Crippen LogP contribution in [0.5, 0.6) is 0 Å². The number of hydrogen-bond acceptors (Lipinski definition) is 3. The Kier molecular flexibility index (Phi) is 6.89. The SMILES string of the molecule is CCCC(CCO)CNCc1ccnn1CC. The normalized spacial score (nSPS) is 12.9. The van der Waals surface area contributed by atoms with E-state index in [1.54, 1.807) is 0 Å². The number of aromatic nitrogens is 2. The van der Waals surface area contributed by atoms with Crippen LogP contribution in [0, 0.1) is 5.92 Å². The van der Waals surface area contributed by atoms with Gasteiger partial charge in [-0.3, -0.25) is 4.68 Å². The Morgan fingerprint density at radius 3 is 2.88 bits per heavy atom. The van der Waals surface area contributed by atoms with E-state index in [1.165, 1.54) is 18.5 Å². The zero-order valence-electron chi connectivity index (χ0n) is 11.0. The molecule has 0 aliphatic carbocycles. The number of aryl methyl sites for hydroxylation is 1. The summed E-state index contributed by atoms with van der Waals surface area (Å²) in [5.74, 6) is 0.586. The minimum absolute atomic E-state index is 0.291. The Balaban J connectivity index is 2.30. The molecule has 0 radical (unpaired) electrons. The fraction of sp³-hybridized carbons (Fsp3) is 0.769. The summed E-state index contributed by atoms with van der Waals surface area (Å²) >= 11 is 0. The van der Waals surface area contributed by atoms with E-state index in [2.05, 4.69) is 30.3 Å². The Morgan fingerprint density at radius 1 is 1.41 bits per heavy atom. The lowest BCUT2D eigenvalue weighted by atomic mass is 10.0. The fourth-order valence-electron chi connectivity index (χ4n) is 2.14. The van der Waals surface area contributed by atoms with E-state index in [0.717, 1.165) is 26.1 Å². The molecule has 0 saturated carbocycles. The molecular weight excluding hydrogens is 214 g/mol. The summed E-state index contributed by atoms with van der Waals surface area (Å²) in [4.78, 5) is 0. The van der Waals surface area contributed by atoms with Crippen molar-refractivity contribution in [2.45, 2.75) is 46.2 Å². The fourth-order valence-corrected chi connectivity index (χ4v) is 2.14. The number of nitrogens with zero attached hydrogens (tertiary/aromatic N) is 2. The number of hydrogen-bond donors (Lipinski definition) is 2. The Morgan fingerprint density at radius 2 is 2.24 bits per heavy atom. The van der Waals surface area contributed by atoms with Gasteiger partial charge in [0.1, 0.15) is 0 Å². The molecule has 0 aliphatic heterocycles. The highest BCUT2D eigenvalue weighted by Gasteiger charge is 2.07. The van der Waals surface area contributed by atoms with Crippen LogP contribution in [0.3, 0.4) is 0 Å². The summed E-state index contributed by atoms with van der Waals surface area (Å²) in [6.45, 7) is 7.33. The number of rotatable bonds is 9. The average molecular weight is 239 g/mol. The third-order valence-corrected chi connectivity index (χ3v) is 3.08. The number of nitrogens with one attached hydrogen (secondary N) is 1. The lowest BCUT2D eigenvalue weighted by Crippen LogP contribution is -2.24. The first kappa shape index (κ1) is 14.2. The largest absolute Gasteiger partial charge is 0.396 e. The van der Waals surface area contributed by atoms with Gasteiger partial charge in [-0.1, -0.05) is 13.3 Å². The highest BCUT2D eigenvalue weighted by molar-refractivity contribution is 4.99. The van der Waals surface area contributed by atoms with E-state index >= 15 is 0 Å². The van der Waals surface area contributed by atoms with Gasteiger partial charge in [0.25, 0.3) is 0 Å². The minimum atomic E-state index is 0.291. The monoisotopic (exact) mass is 239 g/mol. The van der Waals surface area contributed by atoms with E-state index in [1.807, 2.05) is 10.9 Å². The van der Waals surface area contributed by atoms with Gasteiger partial charge in [-0.05, 0) is 38.3 Å². The third kappa shape index (κ3) is 4.88. The smallest absolute Gasteiger partial charge is 0.0521 e.